The monoisotopic (exact) mass is 331 g/mol. The molecule has 1 saturated carbocycles. The summed E-state index contributed by atoms with van der Waals surface area (Å²) in [6.07, 6.45) is 6.71. The van der Waals surface area contributed by atoms with Crippen LogP contribution in [0.25, 0.3) is 0 Å². The van der Waals surface area contributed by atoms with Crippen LogP contribution in [0.2, 0.25) is 10.0 Å². The number of aromatic nitrogens is 1. The maximum Gasteiger partial charge on any atom is 0.147 e. The van der Waals surface area contributed by atoms with Crippen molar-refractivity contribution in [3.05, 3.63) is 16.1 Å². The molecule has 0 saturated heterocycles. The number of halogens is 2. The van der Waals surface area contributed by atoms with Gasteiger partial charge in [-0.2, -0.15) is 0 Å². The van der Waals surface area contributed by atoms with Crippen molar-refractivity contribution < 1.29 is 4.74 Å². The molecule has 1 aliphatic rings. The van der Waals surface area contributed by atoms with Crippen LogP contribution >= 0.6 is 23.2 Å². The molecule has 2 rings (SSSR count). The molecule has 1 aromatic heterocycles. The van der Waals surface area contributed by atoms with Gasteiger partial charge in [0.15, 0.2) is 0 Å². The Labute approximate surface area is 136 Å². The summed E-state index contributed by atoms with van der Waals surface area (Å²) in [5, 5.41) is 7.38. The van der Waals surface area contributed by atoms with Crippen molar-refractivity contribution in [2.45, 2.75) is 45.1 Å². The average molecular weight is 332 g/mol. The van der Waals surface area contributed by atoms with Crippen molar-refractivity contribution in [1.82, 2.24) is 4.98 Å². The Morgan fingerprint density at radius 3 is 2.48 bits per heavy atom. The van der Waals surface area contributed by atoms with E-state index in [4.69, 9.17) is 27.9 Å². The second kappa shape index (κ2) is 8.66. The van der Waals surface area contributed by atoms with E-state index < -0.39 is 0 Å². The third-order valence-corrected chi connectivity index (χ3v) is 4.15. The average Bonchev–Trinajstić information content (AvgIpc) is 2.49. The number of hydrogen-bond acceptors (Lipinski definition) is 4. The van der Waals surface area contributed by atoms with E-state index in [2.05, 4.69) is 15.6 Å². The fourth-order valence-corrected chi connectivity index (χ4v) is 3.00. The molecule has 1 aromatic rings. The maximum atomic E-state index is 6.15. The van der Waals surface area contributed by atoms with Gasteiger partial charge in [-0.15, -0.1) is 0 Å². The molecule has 2 N–H and O–H groups in total. The maximum absolute atomic E-state index is 6.15. The van der Waals surface area contributed by atoms with E-state index in [1.54, 1.807) is 6.07 Å². The Balaban J connectivity index is 1.80. The Morgan fingerprint density at radius 1 is 1.14 bits per heavy atom. The minimum Gasteiger partial charge on any atom is -0.376 e. The van der Waals surface area contributed by atoms with Gasteiger partial charge < -0.3 is 15.4 Å². The van der Waals surface area contributed by atoms with Gasteiger partial charge in [0.05, 0.1) is 22.8 Å². The quantitative estimate of drug-likeness (QED) is 0.718. The highest BCUT2D eigenvalue weighted by atomic mass is 35.5. The molecule has 0 amide bonds. The van der Waals surface area contributed by atoms with Crippen molar-refractivity contribution in [3.63, 3.8) is 0 Å². The number of nitrogens with one attached hydrogen (secondary N) is 2. The summed E-state index contributed by atoms with van der Waals surface area (Å²) < 4.78 is 5.87. The molecular weight excluding hydrogens is 309 g/mol. The predicted octanol–water partition coefficient (Wildman–Crippen LogP) is 4.58. The Bertz CT molecular complexity index is 451. The highest BCUT2D eigenvalue weighted by Gasteiger charge is 2.13. The van der Waals surface area contributed by atoms with Gasteiger partial charge in [0.1, 0.15) is 11.6 Å². The summed E-state index contributed by atoms with van der Waals surface area (Å²) in [6.45, 7) is 4.12. The van der Waals surface area contributed by atoms with Crippen LogP contribution in [0.3, 0.4) is 0 Å². The van der Waals surface area contributed by atoms with Crippen LogP contribution in [0.1, 0.15) is 39.0 Å². The van der Waals surface area contributed by atoms with E-state index in [0.29, 0.717) is 40.9 Å². The number of nitrogens with zero attached hydrogens (tertiary/aromatic N) is 1. The van der Waals surface area contributed by atoms with E-state index in [0.717, 1.165) is 6.54 Å². The first-order valence-electron chi connectivity index (χ1n) is 7.66. The first-order valence-corrected chi connectivity index (χ1v) is 8.41. The number of hydrogen-bond donors (Lipinski definition) is 2. The smallest absolute Gasteiger partial charge is 0.147 e. The molecular formula is C15H23Cl2N3O. The van der Waals surface area contributed by atoms with Crippen LogP contribution in [-0.4, -0.2) is 30.8 Å². The first kappa shape index (κ1) is 16.7. The van der Waals surface area contributed by atoms with Crippen molar-refractivity contribution in [3.8, 4) is 0 Å². The van der Waals surface area contributed by atoms with Crippen LogP contribution in [0.4, 0.5) is 11.6 Å². The zero-order chi connectivity index (χ0) is 15.1. The summed E-state index contributed by atoms with van der Waals surface area (Å²) in [4.78, 5) is 4.40. The van der Waals surface area contributed by atoms with Crippen LogP contribution in [0.5, 0.6) is 0 Å². The van der Waals surface area contributed by atoms with E-state index in [9.17, 15) is 0 Å². The Kier molecular flexibility index (Phi) is 6.87. The topological polar surface area (TPSA) is 46.2 Å². The molecule has 0 spiro atoms. The van der Waals surface area contributed by atoms with E-state index >= 15 is 0 Å². The van der Waals surface area contributed by atoms with Crippen molar-refractivity contribution >= 4 is 34.8 Å². The van der Waals surface area contributed by atoms with Gasteiger partial charge in [-0.25, -0.2) is 4.98 Å². The Morgan fingerprint density at radius 2 is 1.81 bits per heavy atom. The normalized spacial score (nSPS) is 16.0. The van der Waals surface area contributed by atoms with Crippen LogP contribution in [0.15, 0.2) is 6.07 Å². The molecule has 0 aliphatic heterocycles. The molecule has 0 atom stereocenters. The number of ether oxygens (including phenoxy) is 1. The van der Waals surface area contributed by atoms with E-state index in [1.165, 1.54) is 32.1 Å². The molecule has 0 radical (unpaired) electrons. The van der Waals surface area contributed by atoms with Gasteiger partial charge in [0.25, 0.3) is 0 Å². The Hall–Kier alpha value is -0.710. The van der Waals surface area contributed by atoms with Gasteiger partial charge in [0, 0.05) is 13.1 Å². The molecule has 1 fully saturated rings. The highest BCUT2D eigenvalue weighted by molar-refractivity contribution is 6.37. The van der Waals surface area contributed by atoms with Crippen LogP contribution in [0, 0.1) is 0 Å². The first-order chi connectivity index (χ1) is 10.2. The fourth-order valence-electron chi connectivity index (χ4n) is 2.51. The molecule has 1 heterocycles. The number of anilines is 2. The molecule has 21 heavy (non-hydrogen) atoms. The second-order valence-electron chi connectivity index (χ2n) is 5.24. The number of pyridine rings is 1. The summed E-state index contributed by atoms with van der Waals surface area (Å²) >= 11 is 12.2. The molecule has 0 aromatic carbocycles. The van der Waals surface area contributed by atoms with E-state index in [1.807, 2.05) is 6.92 Å². The fraction of sp³-hybridized carbons (Fsp3) is 0.667. The minimum absolute atomic E-state index is 0.423. The van der Waals surface area contributed by atoms with Crippen molar-refractivity contribution in [2.24, 2.45) is 0 Å². The van der Waals surface area contributed by atoms with E-state index in [-0.39, 0.29) is 0 Å². The summed E-state index contributed by atoms with van der Waals surface area (Å²) in [5.74, 6) is 1.29. The van der Waals surface area contributed by atoms with Crippen LogP contribution in [-0.2, 0) is 4.74 Å². The lowest BCUT2D eigenvalue weighted by Gasteiger charge is -2.22. The predicted molar refractivity (Wildman–Crippen MR) is 89.7 cm³/mol. The zero-order valence-corrected chi connectivity index (χ0v) is 13.9. The van der Waals surface area contributed by atoms with Gasteiger partial charge in [-0.3, -0.25) is 0 Å². The molecule has 1 aliphatic carbocycles. The number of rotatable bonds is 7. The van der Waals surface area contributed by atoms with Crippen molar-refractivity contribution in [1.29, 1.82) is 0 Å². The third-order valence-electron chi connectivity index (χ3n) is 3.57. The molecule has 118 valence electrons. The lowest BCUT2D eigenvalue weighted by atomic mass is 9.98. The zero-order valence-electron chi connectivity index (χ0n) is 12.4. The summed E-state index contributed by atoms with van der Waals surface area (Å²) in [7, 11) is 0. The summed E-state index contributed by atoms with van der Waals surface area (Å²) in [6, 6.07) is 1.71. The largest absolute Gasteiger partial charge is 0.376 e. The highest BCUT2D eigenvalue weighted by Crippen LogP contribution is 2.29. The van der Waals surface area contributed by atoms with Crippen molar-refractivity contribution in [2.75, 3.05) is 30.3 Å². The van der Waals surface area contributed by atoms with Gasteiger partial charge >= 0.3 is 0 Å². The van der Waals surface area contributed by atoms with Crippen LogP contribution < -0.4 is 10.6 Å². The van der Waals surface area contributed by atoms with Gasteiger partial charge in [-0.1, -0.05) is 42.5 Å². The third kappa shape index (κ3) is 5.20. The standard InChI is InChI=1S/C15H23Cl2N3O/c1-2-18-14-12(16)10-13(17)15(20-14)19-8-9-21-11-6-4-3-5-7-11/h10-11H,2-9H2,1H3,(H2,18,19,20). The minimum atomic E-state index is 0.423. The summed E-state index contributed by atoms with van der Waals surface area (Å²) in [5.41, 5.74) is 0. The molecule has 4 nitrogen and oxygen atoms in total. The SMILES string of the molecule is CCNc1nc(NCCOC2CCCCC2)c(Cl)cc1Cl. The molecule has 0 bridgehead atoms. The van der Waals surface area contributed by atoms with Gasteiger partial charge in [-0.05, 0) is 25.8 Å². The lowest BCUT2D eigenvalue weighted by molar-refractivity contribution is 0.0347. The van der Waals surface area contributed by atoms with Gasteiger partial charge in [0.2, 0.25) is 0 Å². The molecule has 0 unspecified atom stereocenters. The lowest BCUT2D eigenvalue weighted by Crippen LogP contribution is -2.20. The second-order valence-corrected chi connectivity index (χ2v) is 6.05. The molecule has 6 heteroatoms.